The van der Waals surface area contributed by atoms with Crippen molar-refractivity contribution in [1.82, 2.24) is 14.8 Å². The van der Waals surface area contributed by atoms with Gasteiger partial charge in [-0.2, -0.15) is 5.26 Å². The SMILES string of the molecule is C[C@H]1CC2(CCN(C(=O)c3ccc(SC4CCN(C(=O)O)CC4)nc3)CC2)CN1c1ccc(C#N)c(Cl)c1. The Morgan fingerprint density at radius 3 is 2.47 bits per heavy atom. The van der Waals surface area contributed by atoms with Crippen molar-refractivity contribution in [2.75, 3.05) is 37.6 Å². The van der Waals surface area contributed by atoms with Crippen LogP contribution in [0.3, 0.4) is 0 Å². The van der Waals surface area contributed by atoms with Crippen LogP contribution in [0.15, 0.2) is 41.6 Å². The summed E-state index contributed by atoms with van der Waals surface area (Å²) in [6, 6.07) is 11.9. The molecule has 10 heteroatoms. The van der Waals surface area contributed by atoms with Gasteiger partial charge >= 0.3 is 6.09 Å². The van der Waals surface area contributed by atoms with Gasteiger partial charge in [0, 0.05) is 55.9 Å². The molecule has 3 aliphatic rings. The Morgan fingerprint density at radius 1 is 1.13 bits per heavy atom. The van der Waals surface area contributed by atoms with Gasteiger partial charge in [0.25, 0.3) is 5.91 Å². The van der Waals surface area contributed by atoms with E-state index in [2.05, 4.69) is 22.9 Å². The summed E-state index contributed by atoms with van der Waals surface area (Å²) < 4.78 is 0. The first-order chi connectivity index (χ1) is 18.3. The van der Waals surface area contributed by atoms with Gasteiger partial charge < -0.3 is 19.8 Å². The highest BCUT2D eigenvalue weighted by atomic mass is 35.5. The molecule has 1 N–H and O–H groups in total. The Labute approximate surface area is 232 Å². The number of thioether (sulfide) groups is 1. The average Bonchev–Trinajstić information content (AvgIpc) is 3.24. The van der Waals surface area contributed by atoms with E-state index in [1.54, 1.807) is 24.0 Å². The Balaban J connectivity index is 1.14. The number of carbonyl (C=O) groups is 2. The third kappa shape index (κ3) is 5.57. The number of nitriles is 1. The number of likely N-dealkylation sites (tertiary alicyclic amines) is 2. The van der Waals surface area contributed by atoms with Gasteiger partial charge in [0.05, 0.1) is 21.2 Å². The number of rotatable bonds is 4. The summed E-state index contributed by atoms with van der Waals surface area (Å²) in [6.45, 7) is 5.73. The molecule has 2 amide bonds. The monoisotopic (exact) mass is 553 g/mol. The van der Waals surface area contributed by atoms with Crippen LogP contribution in [0, 0.1) is 16.7 Å². The normalized spacial score (nSPS) is 21.5. The van der Waals surface area contributed by atoms with E-state index in [0.29, 0.717) is 40.5 Å². The van der Waals surface area contributed by atoms with Crippen LogP contribution in [0.25, 0.3) is 0 Å². The Bertz CT molecular complexity index is 1230. The fraction of sp³-hybridized carbons (Fsp3) is 0.500. The molecule has 1 atom stereocenters. The van der Waals surface area contributed by atoms with Gasteiger partial charge in [-0.15, -0.1) is 11.8 Å². The van der Waals surface area contributed by atoms with Crippen LogP contribution in [0.1, 0.15) is 54.9 Å². The van der Waals surface area contributed by atoms with Crippen molar-refractivity contribution >= 4 is 41.1 Å². The molecule has 0 bridgehead atoms. The van der Waals surface area contributed by atoms with Gasteiger partial charge in [0.2, 0.25) is 0 Å². The largest absolute Gasteiger partial charge is 0.465 e. The number of carboxylic acid groups (broad SMARTS) is 1. The molecule has 8 nitrogen and oxygen atoms in total. The van der Waals surface area contributed by atoms with Crippen LogP contribution < -0.4 is 4.90 Å². The lowest BCUT2D eigenvalue weighted by Gasteiger charge is -2.39. The summed E-state index contributed by atoms with van der Waals surface area (Å²) in [5.41, 5.74) is 2.32. The summed E-state index contributed by atoms with van der Waals surface area (Å²) in [7, 11) is 0. The highest BCUT2D eigenvalue weighted by Crippen LogP contribution is 2.45. The number of aromatic nitrogens is 1. The van der Waals surface area contributed by atoms with Crippen molar-refractivity contribution in [1.29, 1.82) is 5.26 Å². The molecule has 0 saturated carbocycles. The van der Waals surface area contributed by atoms with Gasteiger partial charge in [0.1, 0.15) is 6.07 Å². The number of pyridine rings is 1. The summed E-state index contributed by atoms with van der Waals surface area (Å²) in [5.74, 6) is 0.0282. The molecule has 3 aliphatic heterocycles. The van der Waals surface area contributed by atoms with E-state index >= 15 is 0 Å². The minimum atomic E-state index is -0.853. The van der Waals surface area contributed by atoms with E-state index in [4.69, 9.17) is 16.7 Å². The summed E-state index contributed by atoms with van der Waals surface area (Å²) in [6.07, 6.45) is 5.43. The molecule has 5 rings (SSSR count). The van der Waals surface area contributed by atoms with Crippen LogP contribution in [0.4, 0.5) is 10.5 Å². The molecule has 0 aliphatic carbocycles. The molecule has 3 saturated heterocycles. The number of carbonyl (C=O) groups excluding carboxylic acids is 1. The highest BCUT2D eigenvalue weighted by Gasteiger charge is 2.44. The van der Waals surface area contributed by atoms with Gasteiger partial charge in [-0.3, -0.25) is 4.79 Å². The smallest absolute Gasteiger partial charge is 0.407 e. The van der Waals surface area contributed by atoms with E-state index in [0.717, 1.165) is 62.5 Å². The molecule has 0 unspecified atom stereocenters. The lowest BCUT2D eigenvalue weighted by atomic mass is 9.76. The zero-order valence-corrected chi connectivity index (χ0v) is 23.0. The summed E-state index contributed by atoms with van der Waals surface area (Å²) in [4.78, 5) is 34.6. The first kappa shape index (κ1) is 26.6. The topological polar surface area (TPSA) is 101 Å². The molecule has 1 aromatic heterocycles. The molecule has 4 heterocycles. The van der Waals surface area contributed by atoms with Crippen molar-refractivity contribution < 1.29 is 14.7 Å². The lowest BCUT2D eigenvalue weighted by Crippen LogP contribution is -2.44. The number of nitrogens with zero attached hydrogens (tertiary/aromatic N) is 5. The van der Waals surface area contributed by atoms with Crippen LogP contribution in [-0.2, 0) is 0 Å². The van der Waals surface area contributed by atoms with Crippen molar-refractivity contribution in [3.63, 3.8) is 0 Å². The minimum absolute atomic E-state index is 0.0282. The second-order valence-corrected chi connectivity index (χ2v) is 12.4. The van der Waals surface area contributed by atoms with Gasteiger partial charge in [-0.1, -0.05) is 11.6 Å². The summed E-state index contributed by atoms with van der Waals surface area (Å²) >= 11 is 7.96. The number of amides is 2. The van der Waals surface area contributed by atoms with Crippen LogP contribution in [-0.4, -0.2) is 75.9 Å². The quantitative estimate of drug-likeness (QED) is 0.543. The van der Waals surface area contributed by atoms with E-state index in [1.807, 2.05) is 29.2 Å². The number of anilines is 1. The maximum atomic E-state index is 13.2. The number of hydrogen-bond acceptors (Lipinski definition) is 6. The van der Waals surface area contributed by atoms with Crippen molar-refractivity contribution in [3.05, 3.63) is 52.7 Å². The van der Waals surface area contributed by atoms with Gasteiger partial charge in [-0.25, -0.2) is 9.78 Å². The zero-order chi connectivity index (χ0) is 26.9. The number of hydrogen-bond donors (Lipinski definition) is 1. The molecule has 200 valence electrons. The second kappa shape index (κ2) is 11.0. The van der Waals surface area contributed by atoms with E-state index in [9.17, 15) is 14.9 Å². The van der Waals surface area contributed by atoms with Crippen molar-refractivity contribution in [2.45, 2.75) is 55.3 Å². The van der Waals surface area contributed by atoms with Crippen LogP contribution in [0.2, 0.25) is 5.02 Å². The standard InChI is InChI=1S/C28H32ClN5O3S/c1-19-15-28(18-34(19)22-4-2-20(16-30)24(29)14-22)8-12-32(13-9-28)26(35)21-3-5-25(31-17-21)38-23-6-10-33(11-7-23)27(36)37/h2-5,14,17,19,23H,6-13,15,18H2,1H3,(H,36,37)/t19-/m0/s1. The van der Waals surface area contributed by atoms with E-state index in [-0.39, 0.29) is 11.3 Å². The maximum Gasteiger partial charge on any atom is 0.407 e. The van der Waals surface area contributed by atoms with E-state index in [1.165, 1.54) is 4.90 Å². The Morgan fingerprint density at radius 2 is 1.87 bits per heavy atom. The molecular formula is C28H32ClN5O3S. The molecular weight excluding hydrogens is 522 g/mol. The Hall–Kier alpha value is -2.96. The fourth-order valence-electron chi connectivity index (χ4n) is 6.08. The third-order valence-electron chi connectivity index (χ3n) is 8.27. The maximum absolute atomic E-state index is 13.2. The zero-order valence-electron chi connectivity index (χ0n) is 21.5. The fourth-order valence-corrected chi connectivity index (χ4v) is 7.34. The second-order valence-electron chi connectivity index (χ2n) is 10.7. The van der Waals surface area contributed by atoms with Crippen molar-refractivity contribution in [3.8, 4) is 6.07 Å². The molecule has 2 aromatic rings. The number of piperidine rings is 2. The third-order valence-corrected chi connectivity index (χ3v) is 9.87. The van der Waals surface area contributed by atoms with Crippen LogP contribution in [0.5, 0.6) is 0 Å². The average molecular weight is 554 g/mol. The van der Waals surface area contributed by atoms with Crippen LogP contribution >= 0.6 is 23.4 Å². The molecule has 1 spiro atoms. The molecule has 1 aromatic carbocycles. The first-order valence-corrected chi connectivity index (χ1v) is 14.4. The lowest BCUT2D eigenvalue weighted by molar-refractivity contribution is 0.0606. The van der Waals surface area contributed by atoms with E-state index < -0.39 is 6.09 Å². The molecule has 38 heavy (non-hydrogen) atoms. The Kier molecular flexibility index (Phi) is 7.73. The molecule has 0 radical (unpaired) electrons. The first-order valence-electron chi connectivity index (χ1n) is 13.1. The predicted octanol–water partition coefficient (Wildman–Crippen LogP) is 5.36. The molecule has 3 fully saturated rings. The number of benzene rings is 1. The van der Waals surface area contributed by atoms with Gasteiger partial charge in [0.15, 0.2) is 0 Å². The summed E-state index contributed by atoms with van der Waals surface area (Å²) in [5, 5.41) is 20.0. The highest BCUT2D eigenvalue weighted by molar-refractivity contribution is 7.99. The predicted molar refractivity (Wildman–Crippen MR) is 148 cm³/mol. The van der Waals surface area contributed by atoms with Gasteiger partial charge in [-0.05, 0) is 74.8 Å². The minimum Gasteiger partial charge on any atom is -0.465 e. The van der Waals surface area contributed by atoms with Crippen molar-refractivity contribution in [2.24, 2.45) is 5.41 Å². The number of halogens is 1.